The molecule has 1 N–H and O–H groups in total. The lowest BCUT2D eigenvalue weighted by Gasteiger charge is -2.07. The highest BCUT2D eigenvalue weighted by molar-refractivity contribution is 5.97. The zero-order valence-corrected chi connectivity index (χ0v) is 13.7. The molecule has 3 rings (SSSR count). The van der Waals surface area contributed by atoms with E-state index in [4.69, 9.17) is 4.74 Å². The molecule has 1 amide bonds. The van der Waals surface area contributed by atoms with Crippen LogP contribution in [0.15, 0.2) is 36.4 Å². The minimum Gasteiger partial charge on any atom is -0.452 e. The zero-order valence-electron chi connectivity index (χ0n) is 13.7. The van der Waals surface area contributed by atoms with Gasteiger partial charge in [0.25, 0.3) is 5.91 Å². The van der Waals surface area contributed by atoms with E-state index in [9.17, 15) is 18.4 Å². The lowest BCUT2D eigenvalue weighted by atomic mass is 10.2. The molecule has 0 saturated heterocycles. The van der Waals surface area contributed by atoms with Crippen molar-refractivity contribution in [2.75, 3.05) is 11.9 Å². The number of nitrogens with one attached hydrogen (secondary N) is 1. The fraction of sp³-hybridized carbons (Fsp3) is 0.176. The summed E-state index contributed by atoms with van der Waals surface area (Å²) >= 11 is 0. The number of nitrogens with zero attached hydrogens (tertiary/aromatic N) is 3. The van der Waals surface area contributed by atoms with E-state index in [1.807, 2.05) is 6.92 Å². The van der Waals surface area contributed by atoms with Crippen LogP contribution < -0.4 is 5.32 Å². The Hall–Kier alpha value is -3.36. The largest absolute Gasteiger partial charge is 0.452 e. The number of amides is 1. The lowest BCUT2D eigenvalue weighted by Crippen LogP contribution is -2.21. The van der Waals surface area contributed by atoms with Crippen LogP contribution >= 0.6 is 0 Å². The van der Waals surface area contributed by atoms with Gasteiger partial charge >= 0.3 is 5.97 Å². The molecule has 1 heterocycles. The van der Waals surface area contributed by atoms with E-state index in [1.165, 1.54) is 12.1 Å². The standard InChI is InChI=1S/C17H14F2N4O3/c1-2-23-15-6-3-10(7-14(15)21-22-23)17(25)26-9-16(24)20-13-8-11(18)4-5-12(13)19/h3-8H,2,9H2,1H3,(H,20,24). The van der Waals surface area contributed by atoms with E-state index in [0.29, 0.717) is 12.1 Å². The van der Waals surface area contributed by atoms with Crippen molar-refractivity contribution in [1.82, 2.24) is 15.0 Å². The number of carbonyl (C=O) groups is 2. The fourth-order valence-corrected chi connectivity index (χ4v) is 2.33. The molecule has 1 aromatic heterocycles. The Labute approximate surface area is 146 Å². The molecule has 3 aromatic rings. The summed E-state index contributed by atoms with van der Waals surface area (Å²) < 4.78 is 33.1. The molecule has 0 radical (unpaired) electrons. The summed E-state index contributed by atoms with van der Waals surface area (Å²) in [6.07, 6.45) is 0. The van der Waals surface area contributed by atoms with Gasteiger partial charge in [-0.25, -0.2) is 18.3 Å². The van der Waals surface area contributed by atoms with Crippen molar-refractivity contribution in [3.05, 3.63) is 53.6 Å². The van der Waals surface area contributed by atoms with Gasteiger partial charge in [0, 0.05) is 12.6 Å². The van der Waals surface area contributed by atoms with Gasteiger partial charge in [-0.15, -0.1) is 5.10 Å². The predicted molar refractivity (Wildman–Crippen MR) is 88.5 cm³/mol. The van der Waals surface area contributed by atoms with E-state index in [1.54, 1.807) is 10.7 Å². The Morgan fingerprint density at radius 3 is 2.77 bits per heavy atom. The molecule has 9 heteroatoms. The van der Waals surface area contributed by atoms with Gasteiger partial charge in [-0.2, -0.15) is 0 Å². The van der Waals surface area contributed by atoms with E-state index >= 15 is 0 Å². The number of rotatable bonds is 5. The molecule has 0 bridgehead atoms. The normalized spacial score (nSPS) is 10.7. The van der Waals surface area contributed by atoms with Crippen molar-refractivity contribution in [2.24, 2.45) is 0 Å². The Balaban J connectivity index is 1.63. The van der Waals surface area contributed by atoms with E-state index in [0.717, 1.165) is 23.7 Å². The molecular formula is C17H14F2N4O3. The first-order valence-electron chi connectivity index (χ1n) is 7.73. The third kappa shape index (κ3) is 3.66. The number of hydrogen-bond donors (Lipinski definition) is 1. The molecule has 0 atom stereocenters. The number of carbonyl (C=O) groups excluding carboxylic acids is 2. The van der Waals surface area contributed by atoms with Crippen molar-refractivity contribution in [1.29, 1.82) is 0 Å². The van der Waals surface area contributed by atoms with Crippen LogP contribution in [0.5, 0.6) is 0 Å². The minimum absolute atomic E-state index is 0.199. The molecule has 0 aliphatic heterocycles. The second-order valence-electron chi connectivity index (χ2n) is 5.36. The van der Waals surface area contributed by atoms with E-state index in [2.05, 4.69) is 15.6 Å². The quantitative estimate of drug-likeness (QED) is 0.707. The molecule has 7 nitrogen and oxygen atoms in total. The van der Waals surface area contributed by atoms with Crippen LogP contribution in [-0.4, -0.2) is 33.5 Å². The summed E-state index contributed by atoms with van der Waals surface area (Å²) in [6.45, 7) is 1.90. The van der Waals surface area contributed by atoms with Crippen molar-refractivity contribution in [3.63, 3.8) is 0 Å². The minimum atomic E-state index is -0.796. The van der Waals surface area contributed by atoms with Crippen LogP contribution in [0.2, 0.25) is 0 Å². The fourth-order valence-electron chi connectivity index (χ4n) is 2.33. The molecule has 0 aliphatic carbocycles. The monoisotopic (exact) mass is 360 g/mol. The maximum atomic E-state index is 13.5. The number of ether oxygens (including phenoxy) is 1. The summed E-state index contributed by atoms with van der Waals surface area (Å²) in [5.41, 5.74) is 1.16. The van der Waals surface area contributed by atoms with Crippen LogP contribution in [-0.2, 0) is 16.1 Å². The average Bonchev–Trinajstić information content (AvgIpc) is 3.05. The van der Waals surface area contributed by atoms with Gasteiger partial charge < -0.3 is 10.1 Å². The molecular weight excluding hydrogens is 346 g/mol. The van der Waals surface area contributed by atoms with Gasteiger partial charge in [-0.05, 0) is 37.3 Å². The highest BCUT2D eigenvalue weighted by Gasteiger charge is 2.14. The molecule has 134 valence electrons. The smallest absolute Gasteiger partial charge is 0.338 e. The van der Waals surface area contributed by atoms with Gasteiger partial charge in [-0.3, -0.25) is 4.79 Å². The second-order valence-corrected chi connectivity index (χ2v) is 5.36. The van der Waals surface area contributed by atoms with Crippen molar-refractivity contribution in [3.8, 4) is 0 Å². The number of aryl methyl sites for hydroxylation is 1. The zero-order chi connectivity index (χ0) is 18.7. The summed E-state index contributed by atoms with van der Waals surface area (Å²) in [5, 5.41) is 10.0. The van der Waals surface area contributed by atoms with Crippen LogP contribution in [0, 0.1) is 11.6 Å². The van der Waals surface area contributed by atoms with E-state index < -0.39 is 30.1 Å². The van der Waals surface area contributed by atoms with Crippen molar-refractivity contribution < 1.29 is 23.1 Å². The Morgan fingerprint density at radius 2 is 2.00 bits per heavy atom. The molecule has 0 saturated carbocycles. The molecule has 26 heavy (non-hydrogen) atoms. The van der Waals surface area contributed by atoms with Crippen LogP contribution in [0.1, 0.15) is 17.3 Å². The first-order valence-corrected chi connectivity index (χ1v) is 7.73. The number of hydrogen-bond acceptors (Lipinski definition) is 5. The Kier molecular flexibility index (Phi) is 4.87. The molecule has 2 aromatic carbocycles. The SMILES string of the molecule is CCn1nnc2cc(C(=O)OCC(=O)Nc3cc(F)ccc3F)ccc21. The maximum Gasteiger partial charge on any atom is 0.338 e. The number of halogens is 2. The van der Waals surface area contributed by atoms with Crippen molar-refractivity contribution in [2.45, 2.75) is 13.5 Å². The topological polar surface area (TPSA) is 86.1 Å². The van der Waals surface area contributed by atoms with Crippen LogP contribution in [0.3, 0.4) is 0 Å². The van der Waals surface area contributed by atoms with Gasteiger partial charge in [0.05, 0.1) is 16.8 Å². The summed E-state index contributed by atoms with van der Waals surface area (Å²) in [4.78, 5) is 23.8. The number of benzene rings is 2. The first kappa shape index (κ1) is 17.5. The maximum absolute atomic E-state index is 13.5. The summed E-state index contributed by atoms with van der Waals surface area (Å²) in [6, 6.07) is 7.36. The van der Waals surface area contributed by atoms with Gasteiger partial charge in [0.15, 0.2) is 6.61 Å². The number of anilines is 1. The summed E-state index contributed by atoms with van der Waals surface area (Å²) in [5.74, 6) is -3.03. The first-order chi connectivity index (χ1) is 12.5. The number of fused-ring (bicyclic) bond motifs is 1. The molecule has 0 fully saturated rings. The third-order valence-electron chi connectivity index (χ3n) is 3.59. The highest BCUT2D eigenvalue weighted by atomic mass is 19.1. The second kappa shape index (κ2) is 7.26. The highest BCUT2D eigenvalue weighted by Crippen LogP contribution is 2.16. The molecule has 0 spiro atoms. The number of aromatic nitrogens is 3. The molecule has 0 unspecified atom stereocenters. The lowest BCUT2D eigenvalue weighted by molar-refractivity contribution is -0.119. The van der Waals surface area contributed by atoms with Crippen molar-refractivity contribution >= 4 is 28.6 Å². The number of esters is 1. The summed E-state index contributed by atoms with van der Waals surface area (Å²) in [7, 11) is 0. The third-order valence-corrected chi connectivity index (χ3v) is 3.59. The predicted octanol–water partition coefficient (Wildman–Crippen LogP) is 2.52. The van der Waals surface area contributed by atoms with Crippen LogP contribution in [0.4, 0.5) is 14.5 Å². The van der Waals surface area contributed by atoms with Crippen LogP contribution in [0.25, 0.3) is 11.0 Å². The average molecular weight is 360 g/mol. The van der Waals surface area contributed by atoms with Gasteiger partial charge in [-0.1, -0.05) is 5.21 Å². The van der Waals surface area contributed by atoms with E-state index in [-0.39, 0.29) is 11.3 Å². The Morgan fingerprint density at radius 1 is 1.19 bits per heavy atom. The van der Waals surface area contributed by atoms with Gasteiger partial charge in [0.2, 0.25) is 0 Å². The van der Waals surface area contributed by atoms with Gasteiger partial charge in [0.1, 0.15) is 17.2 Å². The molecule has 0 aliphatic rings. The Bertz CT molecular complexity index is 987.